The predicted molar refractivity (Wildman–Crippen MR) is 79.3 cm³/mol. The molecule has 0 radical (unpaired) electrons. The molecule has 6 nitrogen and oxygen atoms in total. The van der Waals surface area contributed by atoms with Crippen molar-refractivity contribution in [1.82, 2.24) is 14.7 Å². The van der Waals surface area contributed by atoms with Gasteiger partial charge in [0.1, 0.15) is 6.54 Å². The third-order valence-corrected chi connectivity index (χ3v) is 3.73. The molecule has 0 aliphatic carbocycles. The summed E-state index contributed by atoms with van der Waals surface area (Å²) in [5.41, 5.74) is 0.912. The second-order valence-corrected chi connectivity index (χ2v) is 5.02. The van der Waals surface area contributed by atoms with Gasteiger partial charge in [-0.1, -0.05) is 18.2 Å². The van der Waals surface area contributed by atoms with Gasteiger partial charge in [-0.25, -0.2) is 0 Å². The normalized spacial score (nSPS) is 17.7. The van der Waals surface area contributed by atoms with Crippen molar-refractivity contribution < 1.29 is 14.7 Å². The first kappa shape index (κ1) is 15.3. The van der Waals surface area contributed by atoms with Crippen molar-refractivity contribution in [2.24, 2.45) is 5.92 Å². The molecule has 112 valence electrons. The summed E-state index contributed by atoms with van der Waals surface area (Å²) in [5, 5.41) is 14.2. The van der Waals surface area contributed by atoms with Crippen LogP contribution in [0.5, 0.6) is 0 Å². The largest absolute Gasteiger partial charge is 0.481 e. The zero-order valence-corrected chi connectivity index (χ0v) is 12.1. The number of carboxylic acid groups (broad SMARTS) is 1. The number of carbonyl (C=O) groups excluding carboxylic acids is 1. The molecule has 2 aromatic rings. The number of amides is 1. The van der Waals surface area contributed by atoms with Crippen molar-refractivity contribution in [3.8, 4) is 0 Å². The Morgan fingerprint density at radius 2 is 2.10 bits per heavy atom. The number of rotatable bonds is 3. The smallest absolute Gasteiger partial charge is 0.308 e. The molecule has 3 rings (SSSR count). The second kappa shape index (κ2) is 6.13. The number of nitrogens with zero attached hydrogens (tertiary/aromatic N) is 3. The van der Waals surface area contributed by atoms with E-state index in [1.165, 1.54) is 0 Å². The molecular weight excluding hydrogens is 294 g/mol. The van der Waals surface area contributed by atoms with Gasteiger partial charge in [0.25, 0.3) is 0 Å². The van der Waals surface area contributed by atoms with E-state index in [9.17, 15) is 9.59 Å². The average molecular weight is 310 g/mol. The Kier molecular flexibility index (Phi) is 4.47. The molecule has 21 heavy (non-hydrogen) atoms. The number of halogens is 1. The molecule has 1 unspecified atom stereocenters. The van der Waals surface area contributed by atoms with E-state index in [0.29, 0.717) is 19.5 Å². The molecule has 1 aliphatic rings. The predicted octanol–water partition coefficient (Wildman–Crippen LogP) is 1.39. The molecule has 7 heteroatoms. The van der Waals surface area contributed by atoms with Crippen molar-refractivity contribution in [3.05, 3.63) is 30.5 Å². The molecule has 1 atom stereocenters. The van der Waals surface area contributed by atoms with Gasteiger partial charge in [0.2, 0.25) is 5.91 Å². The lowest BCUT2D eigenvalue weighted by molar-refractivity contribution is -0.141. The third-order valence-electron chi connectivity index (χ3n) is 3.73. The molecule has 1 saturated heterocycles. The topological polar surface area (TPSA) is 75.4 Å². The van der Waals surface area contributed by atoms with Crippen LogP contribution in [0.3, 0.4) is 0 Å². The molecule has 1 amide bonds. The Hall–Kier alpha value is -2.08. The first-order valence-electron chi connectivity index (χ1n) is 6.56. The van der Waals surface area contributed by atoms with Gasteiger partial charge < -0.3 is 10.0 Å². The van der Waals surface area contributed by atoms with Gasteiger partial charge in [0.05, 0.1) is 17.6 Å². The van der Waals surface area contributed by atoms with Crippen molar-refractivity contribution in [3.63, 3.8) is 0 Å². The molecule has 1 aliphatic heterocycles. The maximum atomic E-state index is 12.2. The number of aromatic nitrogens is 2. The summed E-state index contributed by atoms with van der Waals surface area (Å²) < 4.78 is 1.66. The van der Waals surface area contributed by atoms with E-state index in [2.05, 4.69) is 5.10 Å². The lowest BCUT2D eigenvalue weighted by Crippen LogP contribution is -2.33. The summed E-state index contributed by atoms with van der Waals surface area (Å²) in [5.74, 6) is -1.35. The van der Waals surface area contributed by atoms with Gasteiger partial charge in [-0.05, 0) is 12.5 Å². The Balaban J connectivity index is 0.00000161. The van der Waals surface area contributed by atoms with Crippen LogP contribution in [0, 0.1) is 5.92 Å². The standard InChI is InChI=1S/C14H15N3O3.ClH/c18-13(16-6-5-11(8-16)14(19)20)9-17-12-4-2-1-3-10(12)7-15-17;/h1-4,7,11H,5-6,8-9H2,(H,19,20);1H. The van der Waals surface area contributed by atoms with E-state index < -0.39 is 11.9 Å². The molecule has 0 bridgehead atoms. The molecule has 1 fully saturated rings. The maximum absolute atomic E-state index is 12.2. The highest BCUT2D eigenvalue weighted by Gasteiger charge is 2.30. The van der Waals surface area contributed by atoms with E-state index in [-0.39, 0.29) is 24.9 Å². The summed E-state index contributed by atoms with van der Waals surface area (Å²) in [6.07, 6.45) is 2.26. The van der Waals surface area contributed by atoms with Crippen LogP contribution in [-0.2, 0) is 16.1 Å². The summed E-state index contributed by atoms with van der Waals surface area (Å²) in [7, 11) is 0. The molecule has 2 heterocycles. The fourth-order valence-electron chi connectivity index (χ4n) is 2.57. The van der Waals surface area contributed by atoms with Gasteiger partial charge in [-0.2, -0.15) is 5.10 Å². The first-order valence-corrected chi connectivity index (χ1v) is 6.56. The first-order chi connectivity index (χ1) is 9.65. The Morgan fingerprint density at radius 1 is 1.33 bits per heavy atom. The number of hydrogen-bond donors (Lipinski definition) is 1. The van der Waals surface area contributed by atoms with Crippen LogP contribution in [0.4, 0.5) is 0 Å². The van der Waals surface area contributed by atoms with Crippen LogP contribution < -0.4 is 0 Å². The summed E-state index contributed by atoms with van der Waals surface area (Å²) >= 11 is 0. The van der Waals surface area contributed by atoms with Gasteiger partial charge in [-0.15, -0.1) is 12.4 Å². The minimum absolute atomic E-state index is 0. The van der Waals surface area contributed by atoms with Crippen LogP contribution in [0.2, 0.25) is 0 Å². The van der Waals surface area contributed by atoms with E-state index in [1.807, 2.05) is 24.3 Å². The number of benzene rings is 1. The van der Waals surface area contributed by atoms with Crippen LogP contribution in [0.1, 0.15) is 6.42 Å². The van der Waals surface area contributed by atoms with Crippen molar-refractivity contribution in [1.29, 1.82) is 0 Å². The quantitative estimate of drug-likeness (QED) is 0.929. The highest BCUT2D eigenvalue weighted by atomic mass is 35.5. The molecule has 1 aromatic carbocycles. The van der Waals surface area contributed by atoms with Gasteiger partial charge in [0, 0.05) is 18.5 Å². The number of likely N-dealkylation sites (tertiary alicyclic amines) is 1. The van der Waals surface area contributed by atoms with Crippen molar-refractivity contribution in [2.75, 3.05) is 13.1 Å². The number of carbonyl (C=O) groups is 2. The van der Waals surface area contributed by atoms with Crippen LogP contribution in [0.25, 0.3) is 10.9 Å². The van der Waals surface area contributed by atoms with Crippen molar-refractivity contribution >= 4 is 35.2 Å². The van der Waals surface area contributed by atoms with Gasteiger partial charge >= 0.3 is 5.97 Å². The van der Waals surface area contributed by atoms with Crippen LogP contribution in [0.15, 0.2) is 30.5 Å². The maximum Gasteiger partial charge on any atom is 0.308 e. The van der Waals surface area contributed by atoms with E-state index in [1.54, 1.807) is 15.8 Å². The van der Waals surface area contributed by atoms with Crippen molar-refractivity contribution in [2.45, 2.75) is 13.0 Å². The Bertz CT molecular complexity index is 670. The van der Waals surface area contributed by atoms with Crippen LogP contribution >= 0.6 is 12.4 Å². The zero-order valence-electron chi connectivity index (χ0n) is 11.3. The zero-order chi connectivity index (χ0) is 14.1. The minimum atomic E-state index is -0.829. The molecular formula is C14H16ClN3O3. The lowest BCUT2D eigenvalue weighted by Gasteiger charge is -2.16. The van der Waals surface area contributed by atoms with E-state index >= 15 is 0 Å². The molecule has 0 spiro atoms. The molecule has 1 N–H and O–H groups in total. The number of fused-ring (bicyclic) bond motifs is 1. The molecule has 0 saturated carbocycles. The third kappa shape index (κ3) is 3.00. The fraction of sp³-hybridized carbons (Fsp3) is 0.357. The monoisotopic (exact) mass is 309 g/mol. The Labute approximate surface area is 127 Å². The van der Waals surface area contributed by atoms with E-state index in [0.717, 1.165) is 10.9 Å². The minimum Gasteiger partial charge on any atom is -0.481 e. The van der Waals surface area contributed by atoms with Gasteiger partial charge in [0.15, 0.2) is 0 Å². The summed E-state index contributed by atoms with van der Waals surface area (Å²) in [4.78, 5) is 24.7. The lowest BCUT2D eigenvalue weighted by atomic mass is 10.1. The highest BCUT2D eigenvalue weighted by Crippen LogP contribution is 2.18. The second-order valence-electron chi connectivity index (χ2n) is 5.02. The fourth-order valence-corrected chi connectivity index (χ4v) is 2.57. The SMILES string of the molecule is Cl.O=C(O)C1CCN(C(=O)Cn2ncc3ccccc32)C1. The summed E-state index contributed by atoms with van der Waals surface area (Å²) in [6, 6.07) is 7.69. The number of para-hydroxylation sites is 1. The Morgan fingerprint density at radius 3 is 2.81 bits per heavy atom. The number of aliphatic carboxylic acids is 1. The number of hydrogen-bond acceptors (Lipinski definition) is 3. The molecule has 1 aromatic heterocycles. The van der Waals surface area contributed by atoms with Gasteiger partial charge in [-0.3, -0.25) is 14.3 Å². The van der Waals surface area contributed by atoms with Crippen LogP contribution in [-0.4, -0.2) is 44.8 Å². The number of carboxylic acids is 1. The average Bonchev–Trinajstić information content (AvgIpc) is 3.06. The highest BCUT2D eigenvalue weighted by molar-refractivity contribution is 5.85. The van der Waals surface area contributed by atoms with E-state index in [4.69, 9.17) is 5.11 Å². The summed E-state index contributed by atoms with van der Waals surface area (Å²) in [6.45, 7) is 0.961.